The summed E-state index contributed by atoms with van der Waals surface area (Å²) in [4.78, 5) is 0. The van der Waals surface area contributed by atoms with Gasteiger partial charge in [-0.1, -0.05) is 39.3 Å². The van der Waals surface area contributed by atoms with Crippen LogP contribution in [0.2, 0.25) is 0 Å². The normalized spacial score (nSPS) is 52.3. The number of allylic oxidation sites excluding steroid dienone is 1. The van der Waals surface area contributed by atoms with Crippen molar-refractivity contribution >= 4 is 10.1 Å². The Labute approximate surface area is 218 Å². The summed E-state index contributed by atoms with van der Waals surface area (Å²) in [5, 5.41) is 0. The van der Waals surface area contributed by atoms with Gasteiger partial charge in [0.2, 0.25) is 0 Å². The third-order valence-electron chi connectivity index (χ3n) is 12.0. The summed E-state index contributed by atoms with van der Waals surface area (Å²) in [5.41, 5.74) is 7.40. The van der Waals surface area contributed by atoms with Crippen LogP contribution in [0.3, 0.4) is 0 Å². The predicted octanol–water partition coefficient (Wildman–Crippen LogP) is 5.03. The van der Waals surface area contributed by atoms with E-state index in [0.717, 1.165) is 38.7 Å². The molecule has 6 rings (SSSR count). The fourth-order valence-corrected chi connectivity index (χ4v) is 11.1. The second-order valence-electron chi connectivity index (χ2n) is 13.8. The Kier molecular flexibility index (Phi) is 6.28. The average molecular weight is 522 g/mol. The van der Waals surface area contributed by atoms with Crippen LogP contribution in [0.25, 0.3) is 0 Å². The highest BCUT2D eigenvalue weighted by atomic mass is 32.2. The molecule has 7 heteroatoms. The minimum Gasteiger partial charge on any atom is -0.349 e. The lowest BCUT2D eigenvalue weighted by Gasteiger charge is -2.58. The van der Waals surface area contributed by atoms with Crippen LogP contribution in [-0.2, 0) is 23.8 Å². The van der Waals surface area contributed by atoms with Gasteiger partial charge in [-0.25, -0.2) is 0 Å². The lowest BCUT2D eigenvalue weighted by atomic mass is 9.47. The van der Waals surface area contributed by atoms with Gasteiger partial charge in [0, 0.05) is 18.9 Å². The van der Waals surface area contributed by atoms with E-state index in [4.69, 9.17) is 19.4 Å². The average Bonchev–Trinajstić information content (AvgIpc) is 3.26. The first kappa shape index (κ1) is 25.8. The largest absolute Gasteiger partial charge is 0.349 e. The van der Waals surface area contributed by atoms with Gasteiger partial charge in [-0.15, -0.1) is 0 Å². The molecule has 0 bridgehead atoms. The van der Waals surface area contributed by atoms with Gasteiger partial charge in [0.05, 0.1) is 24.6 Å². The Morgan fingerprint density at radius 2 is 1.92 bits per heavy atom. The zero-order valence-electron chi connectivity index (χ0n) is 22.7. The zero-order chi connectivity index (χ0) is 25.5. The summed E-state index contributed by atoms with van der Waals surface area (Å²) in [6.45, 7) is 10.7. The SMILES string of the molecule is C[C@@H]1CC[C@@]2(OC1)O[C@H]1C[C@H]3[C@@H]4CC=C5C[C@@H](OS(=O)(=O)CCN)CC[C@]5(C)[C@H]4CC[C@]3(C)[C@H]1[C@@H]2C. The van der Waals surface area contributed by atoms with E-state index in [9.17, 15) is 8.42 Å². The van der Waals surface area contributed by atoms with Crippen molar-refractivity contribution in [2.24, 2.45) is 52.1 Å². The summed E-state index contributed by atoms with van der Waals surface area (Å²) < 4.78 is 43.4. The van der Waals surface area contributed by atoms with Crippen molar-refractivity contribution < 1.29 is 22.1 Å². The van der Waals surface area contributed by atoms with Crippen molar-refractivity contribution in [3.05, 3.63) is 11.6 Å². The van der Waals surface area contributed by atoms with Crippen LogP contribution >= 0.6 is 0 Å². The molecule has 2 aliphatic heterocycles. The van der Waals surface area contributed by atoms with Crippen LogP contribution in [0, 0.1) is 46.3 Å². The van der Waals surface area contributed by atoms with E-state index in [1.165, 1.54) is 31.3 Å². The topological polar surface area (TPSA) is 87.9 Å². The molecule has 2 saturated heterocycles. The van der Waals surface area contributed by atoms with Gasteiger partial charge < -0.3 is 15.2 Å². The van der Waals surface area contributed by atoms with E-state index < -0.39 is 10.1 Å². The van der Waals surface area contributed by atoms with Crippen LogP contribution in [-0.4, -0.2) is 45.3 Å². The highest BCUT2D eigenvalue weighted by Crippen LogP contribution is 2.70. The van der Waals surface area contributed by atoms with E-state index in [2.05, 4.69) is 33.8 Å². The van der Waals surface area contributed by atoms with E-state index in [-0.39, 0.29) is 29.6 Å². The first-order valence-corrected chi connectivity index (χ1v) is 16.2. The predicted molar refractivity (Wildman–Crippen MR) is 139 cm³/mol. The molecule has 0 aromatic carbocycles. The monoisotopic (exact) mass is 521 g/mol. The van der Waals surface area contributed by atoms with Crippen LogP contribution in [0.5, 0.6) is 0 Å². The lowest BCUT2D eigenvalue weighted by Crippen LogP contribution is -2.52. The Morgan fingerprint density at radius 3 is 2.64 bits per heavy atom. The van der Waals surface area contributed by atoms with Gasteiger partial charge >= 0.3 is 0 Å². The van der Waals surface area contributed by atoms with Crippen LogP contribution in [0.1, 0.15) is 85.5 Å². The third kappa shape index (κ3) is 3.81. The van der Waals surface area contributed by atoms with Crippen LogP contribution < -0.4 is 5.73 Å². The first-order chi connectivity index (χ1) is 17.0. The van der Waals surface area contributed by atoms with Gasteiger partial charge in [0.15, 0.2) is 5.79 Å². The maximum absolute atomic E-state index is 12.2. The molecule has 2 heterocycles. The second kappa shape index (κ2) is 8.77. The molecule has 6 nitrogen and oxygen atoms in total. The molecule has 11 atom stereocenters. The molecular formula is C29H47NO5S. The highest BCUT2D eigenvalue weighted by Gasteiger charge is 2.68. The fourth-order valence-electron chi connectivity index (χ4n) is 10.1. The van der Waals surface area contributed by atoms with E-state index in [1.54, 1.807) is 0 Å². The van der Waals surface area contributed by atoms with Crippen molar-refractivity contribution in [3.63, 3.8) is 0 Å². The molecule has 0 radical (unpaired) electrons. The molecule has 1 spiro atoms. The van der Waals surface area contributed by atoms with Crippen molar-refractivity contribution in [1.82, 2.24) is 0 Å². The minimum atomic E-state index is -3.54. The number of fused-ring (bicyclic) bond motifs is 7. The standard InChI is InChI=1S/C29H47NO5S/c1-18-7-12-29(33-17-18)19(2)26-25(34-29)16-24-22-6-5-20-15-21(35-36(31,32)14-13-30)8-10-27(20,3)23(22)9-11-28(24,26)4/h5,18-19,21-26H,6-17,30H2,1-4H3/t18-,19+,21+,22-,23+,24+,25+,26+,27+,28+,29-/m1/s1. The molecule has 4 aliphatic carbocycles. The summed E-state index contributed by atoms with van der Waals surface area (Å²) in [7, 11) is -3.54. The minimum absolute atomic E-state index is 0.0983. The Hall–Kier alpha value is -0.470. The van der Waals surface area contributed by atoms with Crippen LogP contribution in [0.4, 0.5) is 0 Å². The van der Waals surface area contributed by atoms with Crippen molar-refractivity contribution in [1.29, 1.82) is 0 Å². The summed E-state index contributed by atoms with van der Waals surface area (Å²) in [6.07, 6.45) is 12.2. The van der Waals surface area contributed by atoms with Gasteiger partial charge in [-0.05, 0) is 91.8 Å². The maximum Gasteiger partial charge on any atom is 0.268 e. The number of ether oxygens (including phenoxy) is 2. The zero-order valence-corrected chi connectivity index (χ0v) is 23.5. The number of hydrogen-bond acceptors (Lipinski definition) is 6. The van der Waals surface area contributed by atoms with Gasteiger partial charge in [0.25, 0.3) is 10.1 Å². The van der Waals surface area contributed by atoms with Crippen molar-refractivity contribution in [2.45, 2.75) is 103 Å². The molecule has 3 saturated carbocycles. The number of nitrogens with two attached hydrogens (primary N) is 1. The molecule has 6 aliphatic rings. The number of rotatable bonds is 4. The van der Waals surface area contributed by atoms with Gasteiger partial charge in [0.1, 0.15) is 0 Å². The molecule has 2 N–H and O–H groups in total. The van der Waals surface area contributed by atoms with Crippen LogP contribution in [0.15, 0.2) is 11.6 Å². The van der Waals surface area contributed by atoms with Crippen molar-refractivity contribution in [3.8, 4) is 0 Å². The molecule has 0 amide bonds. The number of hydrogen-bond donors (Lipinski definition) is 1. The molecule has 204 valence electrons. The Balaban J connectivity index is 1.20. The van der Waals surface area contributed by atoms with E-state index in [1.807, 2.05) is 0 Å². The Morgan fingerprint density at radius 1 is 1.11 bits per heavy atom. The van der Waals surface area contributed by atoms with Crippen molar-refractivity contribution in [2.75, 3.05) is 18.9 Å². The summed E-state index contributed by atoms with van der Waals surface area (Å²) in [5.74, 6) is 3.30. The Bertz CT molecular complexity index is 1000. The van der Waals surface area contributed by atoms with Gasteiger partial charge in [-0.2, -0.15) is 8.42 Å². The summed E-state index contributed by atoms with van der Waals surface area (Å²) in [6, 6.07) is 0. The second-order valence-corrected chi connectivity index (χ2v) is 15.5. The molecule has 0 unspecified atom stereocenters. The lowest BCUT2D eigenvalue weighted by molar-refractivity contribution is -0.272. The highest BCUT2D eigenvalue weighted by molar-refractivity contribution is 7.86. The summed E-state index contributed by atoms with van der Waals surface area (Å²) >= 11 is 0. The third-order valence-corrected chi connectivity index (χ3v) is 13.3. The first-order valence-electron chi connectivity index (χ1n) is 14.6. The smallest absolute Gasteiger partial charge is 0.268 e. The van der Waals surface area contributed by atoms with Gasteiger partial charge in [-0.3, -0.25) is 4.18 Å². The maximum atomic E-state index is 12.2. The molecule has 5 fully saturated rings. The fraction of sp³-hybridized carbons (Fsp3) is 0.931. The molecule has 0 aromatic rings. The van der Waals surface area contributed by atoms with E-state index >= 15 is 0 Å². The quantitative estimate of drug-likeness (QED) is 0.413. The van der Waals surface area contributed by atoms with E-state index in [0.29, 0.717) is 47.0 Å². The molecule has 36 heavy (non-hydrogen) atoms. The molecular weight excluding hydrogens is 474 g/mol. The molecule has 0 aromatic heterocycles.